The van der Waals surface area contributed by atoms with Crippen LogP contribution in [-0.4, -0.2) is 4.57 Å². The summed E-state index contributed by atoms with van der Waals surface area (Å²) in [4.78, 5) is 2.49. The topological polar surface area (TPSA) is 8.17 Å². The molecule has 61 heavy (non-hydrogen) atoms. The Morgan fingerprint density at radius 3 is 1.74 bits per heavy atom. The second-order valence-corrected chi connectivity index (χ2v) is 18.4. The van der Waals surface area contributed by atoms with Crippen LogP contribution in [0, 0.1) is 23.7 Å². The van der Waals surface area contributed by atoms with E-state index in [1.165, 1.54) is 92.2 Å². The van der Waals surface area contributed by atoms with E-state index in [0.717, 1.165) is 23.2 Å². The summed E-state index contributed by atoms with van der Waals surface area (Å²) in [6.45, 7) is 5.08. The van der Waals surface area contributed by atoms with Crippen molar-refractivity contribution in [3.05, 3.63) is 205 Å². The Kier molecular flexibility index (Phi) is 8.46. The number of nitrogens with zero attached hydrogens (tertiary/aromatic N) is 2. The molecule has 1 spiro atoms. The summed E-state index contributed by atoms with van der Waals surface area (Å²) in [6.07, 6.45) is 5.35. The number of anilines is 3. The fourth-order valence-corrected chi connectivity index (χ4v) is 12.6. The molecule has 2 heteroatoms. The maximum Gasteiger partial charge on any atom is 0.0541 e. The average Bonchev–Trinajstić information content (AvgIpc) is 3.80. The van der Waals surface area contributed by atoms with Crippen molar-refractivity contribution in [1.29, 1.82) is 0 Å². The molecular formula is C59H50N2. The lowest BCUT2D eigenvalue weighted by Gasteiger charge is -2.54. The van der Waals surface area contributed by atoms with Gasteiger partial charge in [0.25, 0.3) is 0 Å². The van der Waals surface area contributed by atoms with Gasteiger partial charge in [0.2, 0.25) is 0 Å². The zero-order valence-electron chi connectivity index (χ0n) is 35.0. The van der Waals surface area contributed by atoms with Gasteiger partial charge in [-0.05, 0) is 155 Å². The van der Waals surface area contributed by atoms with Crippen molar-refractivity contribution in [2.24, 2.45) is 23.7 Å². The molecule has 1 heterocycles. The molecule has 9 aromatic rings. The molecule has 2 saturated carbocycles. The molecule has 0 amide bonds. The van der Waals surface area contributed by atoms with Crippen molar-refractivity contribution < 1.29 is 0 Å². The number of aromatic nitrogens is 1. The second-order valence-electron chi connectivity index (χ2n) is 18.4. The van der Waals surface area contributed by atoms with E-state index in [9.17, 15) is 0 Å². The first-order valence-electron chi connectivity index (χ1n) is 22.4. The summed E-state index contributed by atoms with van der Waals surface area (Å²) in [5.41, 5.74) is 18.0. The summed E-state index contributed by atoms with van der Waals surface area (Å²) in [5.74, 6) is 2.85. The Bertz CT molecular complexity index is 3030. The monoisotopic (exact) mass is 786 g/mol. The lowest BCUT2D eigenvalue weighted by molar-refractivity contribution is 0.0426. The maximum atomic E-state index is 2.60. The summed E-state index contributed by atoms with van der Waals surface area (Å²) in [6, 6.07) is 72.5. The van der Waals surface area contributed by atoms with Gasteiger partial charge < -0.3 is 9.47 Å². The normalized spacial score (nSPS) is 21.4. The zero-order chi connectivity index (χ0) is 40.7. The highest BCUT2D eigenvalue weighted by atomic mass is 15.1. The van der Waals surface area contributed by atoms with Crippen molar-refractivity contribution in [3.63, 3.8) is 0 Å². The lowest BCUT2D eigenvalue weighted by Crippen LogP contribution is -2.49. The quantitative estimate of drug-likeness (QED) is 0.163. The minimum atomic E-state index is 0.0290. The SMILES string of the molecule is C[C@H]1C[C@@H]2C[C@H](C1)C1(c3ccccc3-c3ccc(N(c4ccc(-c5ccccc5)cc4)c4ccc(-c5cccc(-n6c7ccccc7c7ccccc76)c5)cc4)cc31)[C@H](C)C2. The molecule has 0 aliphatic heterocycles. The minimum absolute atomic E-state index is 0.0290. The van der Waals surface area contributed by atoms with Gasteiger partial charge in [-0.25, -0.2) is 0 Å². The summed E-state index contributed by atoms with van der Waals surface area (Å²) >= 11 is 0. The van der Waals surface area contributed by atoms with E-state index in [2.05, 4.69) is 217 Å². The molecular weight excluding hydrogens is 737 g/mol. The van der Waals surface area contributed by atoms with Crippen molar-refractivity contribution in [3.8, 4) is 39.1 Å². The van der Waals surface area contributed by atoms with Gasteiger partial charge in [0, 0.05) is 38.9 Å². The maximum absolute atomic E-state index is 2.60. The molecule has 2 bridgehead atoms. The fraction of sp³-hybridized carbons (Fsp3) is 0.186. The Hall–Kier alpha value is -6.64. The minimum Gasteiger partial charge on any atom is -0.310 e. The number of rotatable bonds is 6. The van der Waals surface area contributed by atoms with E-state index in [1.54, 1.807) is 11.1 Å². The van der Waals surface area contributed by atoms with Gasteiger partial charge in [-0.15, -0.1) is 0 Å². The Labute approximate surface area is 359 Å². The van der Waals surface area contributed by atoms with E-state index in [0.29, 0.717) is 11.8 Å². The smallest absolute Gasteiger partial charge is 0.0541 e. The Balaban J connectivity index is 0.976. The molecule has 0 radical (unpaired) electrons. The van der Waals surface area contributed by atoms with E-state index in [4.69, 9.17) is 0 Å². The molecule has 296 valence electrons. The third-order valence-electron chi connectivity index (χ3n) is 14.9. The van der Waals surface area contributed by atoms with Crippen LogP contribution < -0.4 is 4.90 Å². The van der Waals surface area contributed by atoms with Crippen LogP contribution in [0.25, 0.3) is 60.9 Å². The number of hydrogen-bond acceptors (Lipinski definition) is 1. The first kappa shape index (κ1) is 36.2. The largest absolute Gasteiger partial charge is 0.310 e. The van der Waals surface area contributed by atoms with Gasteiger partial charge in [0.1, 0.15) is 0 Å². The number of benzene rings is 8. The number of para-hydroxylation sites is 2. The van der Waals surface area contributed by atoms with Crippen LogP contribution in [0.5, 0.6) is 0 Å². The highest BCUT2D eigenvalue weighted by Crippen LogP contribution is 2.65. The third kappa shape index (κ3) is 5.68. The summed E-state index contributed by atoms with van der Waals surface area (Å²) < 4.78 is 2.41. The standard InChI is InChI=1S/C59H50N2/c1-39-33-41-35-40(2)59(46(34-39)36-41)55-20-9-6-17-51(55)52-32-31-50(38-56(52)59)60(47-27-23-43(24-28-47)42-13-4-3-5-14-42)48-29-25-44(26-30-48)45-15-12-16-49(37-45)61-57-21-10-7-18-53(57)54-19-8-11-22-58(54)61/h3-32,37-41,46H,33-36H2,1-2H3/t39-,40+,41-,46-,59?/m0/s1. The average molecular weight is 787 g/mol. The predicted molar refractivity (Wildman–Crippen MR) is 256 cm³/mol. The Morgan fingerprint density at radius 1 is 0.443 bits per heavy atom. The lowest BCUT2D eigenvalue weighted by atomic mass is 9.49. The van der Waals surface area contributed by atoms with Crippen LogP contribution in [0.15, 0.2) is 194 Å². The Morgan fingerprint density at radius 2 is 1.02 bits per heavy atom. The van der Waals surface area contributed by atoms with Crippen molar-refractivity contribution in [2.75, 3.05) is 4.90 Å². The molecule has 1 unspecified atom stereocenters. The van der Waals surface area contributed by atoms with Gasteiger partial charge >= 0.3 is 0 Å². The van der Waals surface area contributed by atoms with Gasteiger partial charge in [-0.3, -0.25) is 0 Å². The molecule has 2 fully saturated rings. The molecule has 0 saturated heterocycles. The summed E-state index contributed by atoms with van der Waals surface area (Å²) in [5, 5.41) is 2.56. The van der Waals surface area contributed by atoms with Crippen molar-refractivity contribution in [1.82, 2.24) is 4.57 Å². The van der Waals surface area contributed by atoms with Crippen LogP contribution in [0.1, 0.15) is 50.7 Å². The third-order valence-corrected chi connectivity index (χ3v) is 14.9. The van der Waals surface area contributed by atoms with E-state index >= 15 is 0 Å². The molecule has 3 aliphatic rings. The van der Waals surface area contributed by atoms with Gasteiger partial charge in [-0.1, -0.05) is 147 Å². The van der Waals surface area contributed by atoms with E-state index in [-0.39, 0.29) is 5.41 Å². The predicted octanol–water partition coefficient (Wildman–Crippen LogP) is 15.9. The van der Waals surface area contributed by atoms with Gasteiger partial charge in [0.05, 0.1) is 11.0 Å². The molecule has 1 aromatic heterocycles. The first-order chi connectivity index (χ1) is 30.0. The molecule has 8 aromatic carbocycles. The highest BCUT2D eigenvalue weighted by Gasteiger charge is 2.56. The van der Waals surface area contributed by atoms with Crippen LogP contribution in [0.2, 0.25) is 0 Å². The van der Waals surface area contributed by atoms with Gasteiger partial charge in [0.15, 0.2) is 0 Å². The fourth-order valence-electron chi connectivity index (χ4n) is 12.6. The highest BCUT2D eigenvalue weighted by molar-refractivity contribution is 6.09. The van der Waals surface area contributed by atoms with Gasteiger partial charge in [-0.2, -0.15) is 0 Å². The molecule has 2 nitrogen and oxygen atoms in total. The van der Waals surface area contributed by atoms with Crippen molar-refractivity contribution >= 4 is 38.9 Å². The first-order valence-corrected chi connectivity index (χ1v) is 22.4. The van der Waals surface area contributed by atoms with E-state index < -0.39 is 0 Å². The van der Waals surface area contributed by atoms with Crippen LogP contribution in [0.3, 0.4) is 0 Å². The molecule has 5 atom stereocenters. The van der Waals surface area contributed by atoms with E-state index in [1.807, 2.05) is 0 Å². The van der Waals surface area contributed by atoms with Crippen LogP contribution in [-0.2, 0) is 5.41 Å². The van der Waals surface area contributed by atoms with Crippen LogP contribution >= 0.6 is 0 Å². The molecule has 12 rings (SSSR count). The summed E-state index contributed by atoms with van der Waals surface area (Å²) in [7, 11) is 0. The molecule has 0 N–H and O–H groups in total. The van der Waals surface area contributed by atoms with Crippen molar-refractivity contribution in [2.45, 2.75) is 44.9 Å². The number of hydrogen-bond donors (Lipinski definition) is 0. The second kappa shape index (κ2) is 14.2. The zero-order valence-corrected chi connectivity index (χ0v) is 35.0. The molecule has 3 aliphatic carbocycles. The van der Waals surface area contributed by atoms with Crippen LogP contribution in [0.4, 0.5) is 17.1 Å². The number of fused-ring (bicyclic) bond motifs is 11.